The van der Waals surface area contributed by atoms with E-state index >= 15 is 0 Å². The quantitative estimate of drug-likeness (QED) is 0.566. The lowest BCUT2D eigenvalue weighted by Crippen LogP contribution is -2.02. The van der Waals surface area contributed by atoms with Crippen LogP contribution in [0.5, 0.6) is 0 Å². The number of nitrogens with zero attached hydrogens (tertiary/aromatic N) is 4. The molecule has 3 aromatic heterocycles. The Labute approximate surface area is 125 Å². The van der Waals surface area contributed by atoms with Gasteiger partial charge in [0.2, 0.25) is 0 Å². The number of pyridine rings is 2. The Balaban J connectivity index is 2.10. The molecule has 0 unspecified atom stereocenters. The van der Waals surface area contributed by atoms with E-state index in [-0.39, 0.29) is 5.82 Å². The summed E-state index contributed by atoms with van der Waals surface area (Å²) in [6, 6.07) is 15.8. The minimum absolute atomic E-state index is 0.329. The average Bonchev–Trinajstić information content (AvgIpc) is 2.95. The van der Waals surface area contributed by atoms with Crippen LogP contribution in [0.1, 0.15) is 0 Å². The highest BCUT2D eigenvalue weighted by atomic mass is 19.1. The summed E-state index contributed by atoms with van der Waals surface area (Å²) in [6.45, 7) is 0. The third-order valence-electron chi connectivity index (χ3n) is 3.40. The van der Waals surface area contributed by atoms with Gasteiger partial charge in [0.15, 0.2) is 11.5 Å². The van der Waals surface area contributed by atoms with Crippen molar-refractivity contribution < 1.29 is 4.39 Å². The van der Waals surface area contributed by atoms with Crippen molar-refractivity contribution in [3.8, 4) is 17.2 Å². The van der Waals surface area contributed by atoms with Crippen molar-refractivity contribution in [2.45, 2.75) is 0 Å². The fourth-order valence-corrected chi connectivity index (χ4v) is 2.44. The van der Waals surface area contributed by atoms with Crippen molar-refractivity contribution in [1.82, 2.24) is 19.5 Å². The summed E-state index contributed by atoms with van der Waals surface area (Å²) in [6.07, 6.45) is 3.36. The number of hydrogen-bond donors (Lipinski definition) is 0. The van der Waals surface area contributed by atoms with Gasteiger partial charge in [-0.15, -0.1) is 0 Å². The number of fused-ring (bicyclic) bond motifs is 1. The van der Waals surface area contributed by atoms with Crippen LogP contribution in [0.4, 0.5) is 4.39 Å². The van der Waals surface area contributed by atoms with E-state index in [1.165, 1.54) is 6.07 Å². The van der Waals surface area contributed by atoms with Gasteiger partial charge >= 0.3 is 0 Å². The molecule has 4 aromatic rings. The van der Waals surface area contributed by atoms with Crippen molar-refractivity contribution in [3.63, 3.8) is 0 Å². The number of imidazole rings is 1. The van der Waals surface area contributed by atoms with E-state index in [9.17, 15) is 4.39 Å². The lowest BCUT2D eigenvalue weighted by molar-refractivity contribution is 0.619. The zero-order chi connectivity index (χ0) is 14.9. The molecule has 0 aliphatic rings. The number of benzene rings is 1. The largest absolute Gasteiger partial charge is 0.272 e. The maximum absolute atomic E-state index is 14.3. The van der Waals surface area contributed by atoms with Gasteiger partial charge in [-0.05, 0) is 36.4 Å². The molecule has 1 aromatic carbocycles. The van der Waals surface area contributed by atoms with Crippen LogP contribution >= 0.6 is 0 Å². The molecular formula is C17H11FN4. The molecular weight excluding hydrogens is 279 g/mol. The highest BCUT2D eigenvalue weighted by molar-refractivity contribution is 5.79. The first-order chi connectivity index (χ1) is 10.8. The van der Waals surface area contributed by atoms with Crippen LogP contribution in [-0.4, -0.2) is 19.5 Å². The van der Waals surface area contributed by atoms with Gasteiger partial charge in [-0.1, -0.05) is 18.2 Å². The predicted molar refractivity (Wildman–Crippen MR) is 82.1 cm³/mol. The van der Waals surface area contributed by atoms with Crippen LogP contribution < -0.4 is 0 Å². The topological polar surface area (TPSA) is 43.6 Å². The van der Waals surface area contributed by atoms with Gasteiger partial charge in [0.25, 0.3) is 0 Å². The Kier molecular flexibility index (Phi) is 2.89. The molecule has 0 saturated heterocycles. The average molecular weight is 290 g/mol. The van der Waals surface area contributed by atoms with Gasteiger partial charge in [0, 0.05) is 12.4 Å². The first-order valence-corrected chi connectivity index (χ1v) is 6.84. The molecule has 0 amide bonds. The van der Waals surface area contributed by atoms with E-state index in [2.05, 4.69) is 15.0 Å². The number of para-hydroxylation sites is 1. The summed E-state index contributed by atoms with van der Waals surface area (Å²) in [5.74, 6) is 0.240. The Morgan fingerprint density at radius 1 is 0.818 bits per heavy atom. The third-order valence-corrected chi connectivity index (χ3v) is 3.40. The smallest absolute Gasteiger partial charge is 0.165 e. The Morgan fingerprint density at radius 2 is 1.64 bits per heavy atom. The van der Waals surface area contributed by atoms with Gasteiger partial charge in [-0.25, -0.2) is 14.4 Å². The van der Waals surface area contributed by atoms with Crippen molar-refractivity contribution >= 4 is 11.2 Å². The fraction of sp³-hybridized carbons (Fsp3) is 0. The SMILES string of the molecule is Fc1ccccc1-n1c(-c2ccccn2)nc2cccnc21. The summed E-state index contributed by atoms with van der Waals surface area (Å²) in [5, 5.41) is 0. The van der Waals surface area contributed by atoms with E-state index in [4.69, 9.17) is 0 Å². The molecule has 0 spiro atoms. The number of aromatic nitrogens is 4. The normalized spacial score (nSPS) is 11.0. The second-order valence-electron chi connectivity index (χ2n) is 4.78. The number of hydrogen-bond acceptors (Lipinski definition) is 3. The van der Waals surface area contributed by atoms with Crippen LogP contribution in [0.3, 0.4) is 0 Å². The van der Waals surface area contributed by atoms with Crippen LogP contribution in [0.15, 0.2) is 67.0 Å². The van der Waals surface area contributed by atoms with Gasteiger partial charge < -0.3 is 0 Å². The summed E-state index contributed by atoms with van der Waals surface area (Å²) < 4.78 is 16.0. The lowest BCUT2D eigenvalue weighted by atomic mass is 10.2. The number of rotatable bonds is 2. The minimum atomic E-state index is -0.329. The van der Waals surface area contributed by atoms with E-state index in [0.29, 0.717) is 28.4 Å². The molecule has 0 N–H and O–H groups in total. The molecule has 4 rings (SSSR count). The van der Waals surface area contributed by atoms with Crippen molar-refractivity contribution in [1.29, 1.82) is 0 Å². The molecule has 0 bridgehead atoms. The Morgan fingerprint density at radius 3 is 2.45 bits per heavy atom. The molecule has 0 radical (unpaired) electrons. The molecule has 22 heavy (non-hydrogen) atoms. The first kappa shape index (κ1) is 12.6. The highest BCUT2D eigenvalue weighted by Crippen LogP contribution is 2.27. The second kappa shape index (κ2) is 5.04. The van der Waals surface area contributed by atoms with Gasteiger partial charge in [0.1, 0.15) is 17.0 Å². The maximum atomic E-state index is 14.3. The van der Waals surface area contributed by atoms with E-state index in [1.54, 1.807) is 35.2 Å². The standard InChI is InChI=1S/C17H11FN4/c18-12-6-1-2-9-15(12)22-16-14(8-5-11-20-16)21-17(22)13-7-3-4-10-19-13/h1-11H. The van der Waals surface area contributed by atoms with Crippen molar-refractivity contribution in [3.05, 3.63) is 72.8 Å². The van der Waals surface area contributed by atoms with Gasteiger partial charge in [0.05, 0.1) is 5.69 Å². The Hall–Kier alpha value is -3.08. The summed E-state index contributed by atoms with van der Waals surface area (Å²) in [4.78, 5) is 13.2. The molecule has 4 nitrogen and oxygen atoms in total. The second-order valence-corrected chi connectivity index (χ2v) is 4.78. The summed E-state index contributed by atoms with van der Waals surface area (Å²) in [7, 11) is 0. The predicted octanol–water partition coefficient (Wildman–Crippen LogP) is 3.62. The lowest BCUT2D eigenvalue weighted by Gasteiger charge is -2.09. The maximum Gasteiger partial charge on any atom is 0.165 e. The van der Waals surface area contributed by atoms with Crippen LogP contribution in [0.2, 0.25) is 0 Å². The number of halogens is 1. The van der Waals surface area contributed by atoms with E-state index in [0.717, 1.165) is 0 Å². The first-order valence-electron chi connectivity index (χ1n) is 6.84. The fourth-order valence-electron chi connectivity index (χ4n) is 2.44. The molecule has 0 aliphatic carbocycles. The molecule has 0 fully saturated rings. The molecule has 0 atom stereocenters. The Bertz CT molecular complexity index is 947. The zero-order valence-electron chi connectivity index (χ0n) is 11.5. The monoisotopic (exact) mass is 290 g/mol. The molecule has 0 aliphatic heterocycles. The third kappa shape index (κ3) is 1.95. The molecule has 0 saturated carbocycles. The van der Waals surface area contributed by atoms with Crippen LogP contribution in [0.25, 0.3) is 28.4 Å². The molecule has 106 valence electrons. The highest BCUT2D eigenvalue weighted by Gasteiger charge is 2.17. The van der Waals surface area contributed by atoms with E-state index in [1.807, 2.05) is 30.3 Å². The van der Waals surface area contributed by atoms with Crippen LogP contribution in [-0.2, 0) is 0 Å². The molecule has 5 heteroatoms. The van der Waals surface area contributed by atoms with Gasteiger partial charge in [-0.2, -0.15) is 0 Å². The minimum Gasteiger partial charge on any atom is -0.272 e. The summed E-state index contributed by atoms with van der Waals surface area (Å²) in [5.41, 5.74) is 2.38. The van der Waals surface area contributed by atoms with E-state index < -0.39 is 0 Å². The zero-order valence-corrected chi connectivity index (χ0v) is 11.5. The van der Waals surface area contributed by atoms with Gasteiger partial charge in [-0.3, -0.25) is 9.55 Å². The van der Waals surface area contributed by atoms with Crippen molar-refractivity contribution in [2.24, 2.45) is 0 Å². The van der Waals surface area contributed by atoms with Crippen LogP contribution in [0, 0.1) is 5.82 Å². The molecule has 3 heterocycles. The summed E-state index contributed by atoms with van der Waals surface area (Å²) >= 11 is 0. The van der Waals surface area contributed by atoms with Crippen molar-refractivity contribution in [2.75, 3.05) is 0 Å².